The molecule has 0 aliphatic heterocycles. The largest absolute Gasteiger partial charge is 0.0695 e. The van der Waals surface area contributed by atoms with Crippen LogP contribution in [-0.4, -0.2) is 8.07 Å². The highest BCUT2D eigenvalue weighted by molar-refractivity contribution is 6.76. The molecule has 0 spiro atoms. The third-order valence-electron chi connectivity index (χ3n) is 5.90. The van der Waals surface area contributed by atoms with E-state index in [-0.39, 0.29) is 0 Å². The molecule has 2 aromatic rings. The van der Waals surface area contributed by atoms with Crippen molar-refractivity contribution in [1.29, 1.82) is 0 Å². The maximum absolute atomic E-state index is 2.48. The summed E-state index contributed by atoms with van der Waals surface area (Å²) < 4.78 is 0. The van der Waals surface area contributed by atoms with Gasteiger partial charge in [0.2, 0.25) is 0 Å². The number of rotatable bonds is 12. The topological polar surface area (TPSA) is 0 Å². The van der Waals surface area contributed by atoms with Crippen LogP contribution in [0.3, 0.4) is 0 Å². The second kappa shape index (κ2) is 11.6. The van der Waals surface area contributed by atoms with Crippen molar-refractivity contribution in [2.45, 2.75) is 96.8 Å². The van der Waals surface area contributed by atoms with Gasteiger partial charge in [-0.1, -0.05) is 120 Å². The molecule has 0 amide bonds. The van der Waals surface area contributed by atoms with Gasteiger partial charge < -0.3 is 0 Å². The van der Waals surface area contributed by atoms with Gasteiger partial charge in [-0.15, -0.1) is 0 Å². The molecule has 0 saturated carbocycles. The molecule has 0 fully saturated rings. The van der Waals surface area contributed by atoms with Gasteiger partial charge in [0.25, 0.3) is 0 Å². The van der Waals surface area contributed by atoms with Crippen LogP contribution >= 0.6 is 0 Å². The maximum atomic E-state index is 2.48. The van der Waals surface area contributed by atoms with Crippen LogP contribution in [0, 0.1) is 0 Å². The van der Waals surface area contributed by atoms with E-state index in [9.17, 15) is 0 Å². The summed E-state index contributed by atoms with van der Waals surface area (Å²) in [7, 11) is -0.869. The first-order valence-corrected chi connectivity index (χ1v) is 15.3. The fourth-order valence-electron chi connectivity index (χ4n) is 3.90. The minimum Gasteiger partial charge on any atom is -0.0695 e. The van der Waals surface area contributed by atoms with Crippen molar-refractivity contribution < 1.29 is 0 Å². The molecule has 1 atom stereocenters. The highest BCUT2D eigenvalue weighted by Crippen LogP contribution is 2.27. The maximum Gasteiger partial charge on any atom is 0.0442 e. The first-order valence-electron chi connectivity index (χ1n) is 11.6. The van der Waals surface area contributed by atoms with E-state index in [1.54, 1.807) is 0 Å². The lowest BCUT2D eigenvalue weighted by molar-refractivity contribution is 0.621. The lowest BCUT2D eigenvalue weighted by Crippen LogP contribution is -2.18. The van der Waals surface area contributed by atoms with Crippen LogP contribution in [0.1, 0.15) is 75.8 Å². The number of unbranched alkanes of at least 4 members (excludes halogenated alkanes) is 4. The second-order valence-corrected chi connectivity index (χ2v) is 15.5. The highest BCUT2D eigenvalue weighted by Gasteiger charge is 2.12. The van der Waals surface area contributed by atoms with Crippen molar-refractivity contribution in [2.24, 2.45) is 0 Å². The summed E-state index contributed by atoms with van der Waals surface area (Å²) in [5, 5.41) is 0. The molecular weight excluding hydrogens is 352 g/mol. The molecule has 0 saturated heterocycles. The highest BCUT2D eigenvalue weighted by atomic mass is 28.3. The van der Waals surface area contributed by atoms with Gasteiger partial charge in [-0.25, -0.2) is 0 Å². The van der Waals surface area contributed by atoms with E-state index in [2.05, 4.69) is 82.0 Å². The summed E-state index contributed by atoms with van der Waals surface area (Å²) in [6, 6.07) is 20.0. The van der Waals surface area contributed by atoms with Crippen molar-refractivity contribution in [3.63, 3.8) is 0 Å². The molecule has 0 radical (unpaired) electrons. The molecule has 154 valence electrons. The van der Waals surface area contributed by atoms with Crippen LogP contribution in [0.25, 0.3) is 11.1 Å². The van der Waals surface area contributed by atoms with Crippen LogP contribution in [0.2, 0.25) is 25.7 Å². The fourth-order valence-corrected chi connectivity index (χ4v) is 5.21. The lowest BCUT2D eigenvalue weighted by Gasteiger charge is -2.17. The average Bonchev–Trinajstić information content (AvgIpc) is 2.68. The molecule has 1 unspecified atom stereocenters. The summed E-state index contributed by atoms with van der Waals surface area (Å²) in [5.41, 5.74) is 5.64. The summed E-state index contributed by atoms with van der Waals surface area (Å²) in [5.74, 6) is 0.668. The van der Waals surface area contributed by atoms with E-state index in [1.807, 2.05) is 0 Å². The molecule has 0 aromatic heterocycles. The Labute approximate surface area is 175 Å². The van der Waals surface area contributed by atoms with Gasteiger partial charge >= 0.3 is 0 Å². The van der Waals surface area contributed by atoms with E-state index >= 15 is 0 Å². The van der Waals surface area contributed by atoms with Crippen molar-refractivity contribution in [3.05, 3.63) is 59.7 Å². The van der Waals surface area contributed by atoms with Crippen molar-refractivity contribution >= 4 is 8.07 Å². The summed E-state index contributed by atoms with van der Waals surface area (Å²) in [6.45, 7) is 12.1. The monoisotopic (exact) mass is 394 g/mol. The van der Waals surface area contributed by atoms with Gasteiger partial charge in [0.1, 0.15) is 0 Å². The molecule has 0 heterocycles. The fraction of sp³-hybridized carbons (Fsp3) is 0.556. The Morgan fingerprint density at radius 2 is 1.32 bits per heavy atom. The molecule has 0 aliphatic carbocycles. The normalized spacial score (nSPS) is 12.9. The van der Waals surface area contributed by atoms with E-state index in [0.717, 1.165) is 0 Å². The summed E-state index contributed by atoms with van der Waals surface area (Å²) >= 11 is 0. The van der Waals surface area contributed by atoms with E-state index < -0.39 is 8.07 Å². The summed E-state index contributed by atoms with van der Waals surface area (Å²) in [4.78, 5) is 0. The molecule has 0 aliphatic rings. The molecule has 2 aromatic carbocycles. The van der Waals surface area contributed by atoms with Crippen LogP contribution in [0.4, 0.5) is 0 Å². The van der Waals surface area contributed by atoms with Crippen LogP contribution < -0.4 is 0 Å². The standard InChI is InChI=1S/C27H42Si/c1-6-7-8-9-13-24-14-16-26(17-15-24)27-20-18-25(19-21-27)23(2)12-10-11-22-28(3,4)5/h14-21,23H,6-13,22H2,1-5H3. The predicted molar refractivity (Wildman–Crippen MR) is 130 cm³/mol. The van der Waals surface area contributed by atoms with E-state index in [0.29, 0.717) is 5.92 Å². The predicted octanol–water partition coefficient (Wildman–Crippen LogP) is 9.09. The Bertz CT molecular complexity index is 661. The molecule has 1 heteroatoms. The second-order valence-electron chi connectivity index (χ2n) is 9.84. The third kappa shape index (κ3) is 8.35. The van der Waals surface area contributed by atoms with Crippen molar-refractivity contribution in [2.75, 3.05) is 0 Å². The Kier molecular flexibility index (Phi) is 9.51. The zero-order chi connectivity index (χ0) is 20.4. The Morgan fingerprint density at radius 1 is 0.714 bits per heavy atom. The molecular formula is C27H42Si. The van der Waals surface area contributed by atoms with Crippen molar-refractivity contribution in [3.8, 4) is 11.1 Å². The number of hydrogen-bond acceptors (Lipinski definition) is 0. The van der Waals surface area contributed by atoms with E-state index in [4.69, 9.17) is 0 Å². The first-order chi connectivity index (χ1) is 13.4. The molecule has 0 N–H and O–H groups in total. The van der Waals surface area contributed by atoms with Gasteiger partial charge in [0, 0.05) is 8.07 Å². The molecule has 0 bridgehead atoms. The van der Waals surface area contributed by atoms with Crippen LogP contribution in [-0.2, 0) is 6.42 Å². The summed E-state index contributed by atoms with van der Waals surface area (Å²) in [6.07, 6.45) is 10.7. The minimum absolute atomic E-state index is 0.668. The Balaban J connectivity index is 1.84. The Hall–Kier alpha value is -1.34. The van der Waals surface area contributed by atoms with E-state index in [1.165, 1.54) is 79.7 Å². The lowest BCUT2D eigenvalue weighted by atomic mass is 9.93. The molecule has 28 heavy (non-hydrogen) atoms. The van der Waals surface area contributed by atoms with Gasteiger partial charge in [0.15, 0.2) is 0 Å². The average molecular weight is 395 g/mol. The molecule has 0 nitrogen and oxygen atoms in total. The SMILES string of the molecule is CCCCCCc1ccc(-c2ccc(C(C)CCCC[Si](C)(C)C)cc2)cc1. The van der Waals surface area contributed by atoms with Gasteiger partial charge in [-0.05, 0) is 47.4 Å². The van der Waals surface area contributed by atoms with Gasteiger partial charge in [-0.3, -0.25) is 0 Å². The number of benzene rings is 2. The molecule has 2 rings (SSSR count). The Morgan fingerprint density at radius 3 is 1.89 bits per heavy atom. The number of hydrogen-bond donors (Lipinski definition) is 0. The van der Waals surface area contributed by atoms with Crippen LogP contribution in [0.5, 0.6) is 0 Å². The smallest absolute Gasteiger partial charge is 0.0442 e. The quantitative estimate of drug-likeness (QED) is 0.249. The van der Waals surface area contributed by atoms with Gasteiger partial charge in [-0.2, -0.15) is 0 Å². The zero-order valence-corrected chi connectivity index (χ0v) is 20.1. The zero-order valence-electron chi connectivity index (χ0n) is 19.1. The van der Waals surface area contributed by atoms with Gasteiger partial charge in [0.05, 0.1) is 0 Å². The minimum atomic E-state index is -0.869. The third-order valence-corrected chi connectivity index (χ3v) is 7.75. The van der Waals surface area contributed by atoms with Crippen molar-refractivity contribution in [1.82, 2.24) is 0 Å². The first kappa shape index (κ1) is 22.9. The number of aryl methyl sites for hydroxylation is 1. The van der Waals surface area contributed by atoms with Crippen LogP contribution in [0.15, 0.2) is 48.5 Å².